The number of benzene rings is 1. The van der Waals surface area contributed by atoms with Gasteiger partial charge in [-0.05, 0) is 37.2 Å². The van der Waals surface area contributed by atoms with Crippen LogP contribution in [0.25, 0.3) is 0 Å². The number of hydrogen-bond donors (Lipinski definition) is 2. The lowest BCUT2D eigenvalue weighted by Crippen LogP contribution is -2.49. The van der Waals surface area contributed by atoms with Gasteiger partial charge in [-0.25, -0.2) is 0 Å². The van der Waals surface area contributed by atoms with Gasteiger partial charge in [0.2, 0.25) is 0 Å². The van der Waals surface area contributed by atoms with Crippen molar-refractivity contribution < 1.29 is 19.8 Å². The molecular weight excluding hydrogens is 268 g/mol. The van der Waals surface area contributed by atoms with Gasteiger partial charge in [-0.3, -0.25) is 0 Å². The molecule has 0 bridgehead atoms. The summed E-state index contributed by atoms with van der Waals surface area (Å²) >= 11 is 4.94. The van der Waals surface area contributed by atoms with Gasteiger partial charge in [0.15, 0.2) is 5.11 Å². The van der Waals surface area contributed by atoms with E-state index in [-0.39, 0.29) is 18.0 Å². The monoisotopic (exact) mass is 280 g/mol. The average molecular weight is 280 g/mol. The molecule has 0 fully saturated rings. The van der Waals surface area contributed by atoms with E-state index in [1.165, 1.54) is 0 Å². The molecule has 19 heavy (non-hydrogen) atoms. The summed E-state index contributed by atoms with van der Waals surface area (Å²) in [4.78, 5) is 21.1. The molecule has 1 rings (SSSR count). The molecule has 102 valence electrons. The highest BCUT2D eigenvalue weighted by Crippen LogP contribution is 2.05. The third-order valence-electron chi connectivity index (χ3n) is 2.26. The van der Waals surface area contributed by atoms with E-state index < -0.39 is 18.0 Å². The van der Waals surface area contributed by atoms with E-state index in [2.05, 4.69) is 10.6 Å². The summed E-state index contributed by atoms with van der Waals surface area (Å²) in [6, 6.07) is 7.73. The summed E-state index contributed by atoms with van der Waals surface area (Å²) in [6.45, 7) is 0. The third kappa shape index (κ3) is 5.82. The first-order valence-corrected chi connectivity index (χ1v) is 5.93. The Labute approximate surface area is 115 Å². The lowest BCUT2D eigenvalue weighted by molar-refractivity contribution is -0.309. The summed E-state index contributed by atoms with van der Waals surface area (Å²) in [7, 11) is 0. The lowest BCUT2D eigenvalue weighted by atomic mass is 10.1. The van der Waals surface area contributed by atoms with Gasteiger partial charge in [0.25, 0.3) is 0 Å². The van der Waals surface area contributed by atoms with Crippen molar-refractivity contribution in [3.63, 3.8) is 0 Å². The maximum absolute atomic E-state index is 10.8. The summed E-state index contributed by atoms with van der Waals surface area (Å²) in [6.07, 6.45) is -0.555. The van der Waals surface area contributed by atoms with Crippen LogP contribution in [-0.2, 0) is 9.59 Å². The minimum Gasteiger partial charge on any atom is -0.550 e. The molecule has 0 saturated carbocycles. The summed E-state index contributed by atoms with van der Waals surface area (Å²) in [5.41, 5.74) is 0.692. The number of nitrogens with one attached hydrogen (secondary N) is 2. The molecule has 2 N–H and O–H groups in total. The molecule has 1 aromatic rings. The number of hydrogen-bond acceptors (Lipinski definition) is 5. The van der Waals surface area contributed by atoms with Crippen molar-refractivity contribution in [1.29, 1.82) is 0 Å². The summed E-state index contributed by atoms with van der Waals surface area (Å²) < 4.78 is 0. The number of aliphatic carboxylic acids is 2. The zero-order chi connectivity index (χ0) is 14.3. The van der Waals surface area contributed by atoms with Crippen molar-refractivity contribution in [2.75, 3.05) is 5.32 Å². The standard InChI is InChI=1S/C12H14N2O4S/c15-10(16)7-6-9(11(17)18)14-12(19)13-8-4-2-1-3-5-8/h1-5,9H,6-7H2,(H,15,16)(H,17,18)(H2,13,14,19)/p-2/t9-/m1/s1. The first-order valence-electron chi connectivity index (χ1n) is 5.52. The molecule has 0 aliphatic rings. The van der Waals surface area contributed by atoms with Crippen LogP contribution in [0.4, 0.5) is 5.69 Å². The summed E-state index contributed by atoms with van der Waals surface area (Å²) in [5.74, 6) is -2.74. The molecule has 0 amide bonds. The topological polar surface area (TPSA) is 104 Å². The van der Waals surface area contributed by atoms with E-state index in [4.69, 9.17) is 12.2 Å². The first-order chi connectivity index (χ1) is 8.99. The average Bonchev–Trinajstić information content (AvgIpc) is 2.35. The van der Waals surface area contributed by atoms with E-state index >= 15 is 0 Å². The van der Waals surface area contributed by atoms with Crippen molar-refractivity contribution in [3.8, 4) is 0 Å². The lowest BCUT2D eigenvalue weighted by Gasteiger charge is -2.22. The Hall–Kier alpha value is -2.15. The molecule has 0 aliphatic carbocycles. The van der Waals surface area contributed by atoms with E-state index in [1.807, 2.05) is 6.07 Å². The van der Waals surface area contributed by atoms with Crippen LogP contribution >= 0.6 is 12.2 Å². The predicted octanol–water partition coefficient (Wildman–Crippen LogP) is -1.38. The molecule has 7 heteroatoms. The van der Waals surface area contributed by atoms with Gasteiger partial charge in [0.05, 0.1) is 12.0 Å². The number of thiocarbonyl (C=S) groups is 1. The van der Waals surface area contributed by atoms with Crippen LogP contribution in [0.15, 0.2) is 30.3 Å². The number of carbonyl (C=O) groups excluding carboxylic acids is 2. The van der Waals surface area contributed by atoms with Gasteiger partial charge in [0.1, 0.15) is 0 Å². The maximum atomic E-state index is 10.8. The normalized spacial score (nSPS) is 11.4. The molecule has 0 radical (unpaired) electrons. The minimum absolute atomic E-state index is 0.0822. The zero-order valence-electron chi connectivity index (χ0n) is 9.92. The third-order valence-corrected chi connectivity index (χ3v) is 2.48. The molecule has 1 atom stereocenters. The Morgan fingerprint density at radius 1 is 1.21 bits per heavy atom. The highest BCUT2D eigenvalue weighted by Gasteiger charge is 2.11. The van der Waals surface area contributed by atoms with Crippen LogP contribution in [0.5, 0.6) is 0 Å². The molecule has 0 saturated heterocycles. The Morgan fingerprint density at radius 2 is 1.84 bits per heavy atom. The molecule has 0 aromatic heterocycles. The second-order valence-corrected chi connectivity index (χ2v) is 4.16. The number of carboxylic acid groups (broad SMARTS) is 2. The second kappa shape index (κ2) is 7.32. The number of carbonyl (C=O) groups is 2. The van der Waals surface area contributed by atoms with E-state index in [0.29, 0.717) is 5.69 Å². The number of anilines is 1. The molecule has 1 aromatic carbocycles. The second-order valence-electron chi connectivity index (χ2n) is 3.75. The van der Waals surface area contributed by atoms with Crippen molar-refractivity contribution in [3.05, 3.63) is 30.3 Å². The van der Waals surface area contributed by atoms with Crippen LogP contribution in [0.2, 0.25) is 0 Å². The smallest absolute Gasteiger partial charge is 0.171 e. The Bertz CT molecular complexity index is 464. The van der Waals surface area contributed by atoms with E-state index in [1.54, 1.807) is 24.3 Å². The summed E-state index contributed by atoms with van der Waals surface area (Å²) in [5, 5.41) is 26.5. The van der Waals surface area contributed by atoms with Crippen molar-refractivity contribution in [1.82, 2.24) is 5.32 Å². The predicted molar refractivity (Wildman–Crippen MR) is 68.8 cm³/mol. The number of rotatable bonds is 6. The van der Waals surface area contributed by atoms with Gasteiger partial charge in [-0.1, -0.05) is 18.2 Å². The van der Waals surface area contributed by atoms with Crippen LogP contribution in [0, 0.1) is 0 Å². The largest absolute Gasteiger partial charge is 0.550 e. The highest BCUT2D eigenvalue weighted by molar-refractivity contribution is 7.80. The van der Waals surface area contributed by atoms with Crippen LogP contribution in [0.3, 0.4) is 0 Å². The maximum Gasteiger partial charge on any atom is 0.171 e. The van der Waals surface area contributed by atoms with Gasteiger partial charge < -0.3 is 30.4 Å². The first kappa shape index (κ1) is 14.9. The van der Waals surface area contributed by atoms with Crippen molar-refractivity contribution in [2.24, 2.45) is 0 Å². The molecule has 6 nitrogen and oxygen atoms in total. The quantitative estimate of drug-likeness (QED) is 0.619. The van der Waals surface area contributed by atoms with E-state index in [9.17, 15) is 19.8 Å². The van der Waals surface area contributed by atoms with Crippen molar-refractivity contribution in [2.45, 2.75) is 18.9 Å². The molecule has 0 aliphatic heterocycles. The number of para-hydroxylation sites is 1. The van der Waals surface area contributed by atoms with Gasteiger partial charge in [-0.2, -0.15) is 0 Å². The van der Waals surface area contributed by atoms with Crippen LogP contribution in [0.1, 0.15) is 12.8 Å². The fourth-order valence-electron chi connectivity index (χ4n) is 1.36. The fraction of sp³-hybridized carbons (Fsp3) is 0.250. The number of carboxylic acids is 2. The van der Waals surface area contributed by atoms with Crippen LogP contribution < -0.4 is 20.8 Å². The fourth-order valence-corrected chi connectivity index (χ4v) is 1.62. The molecular formula is C12H12N2O4S-2. The molecule has 0 unspecified atom stereocenters. The van der Waals surface area contributed by atoms with Gasteiger partial charge >= 0.3 is 0 Å². The minimum atomic E-state index is -1.42. The Morgan fingerprint density at radius 3 is 2.37 bits per heavy atom. The van der Waals surface area contributed by atoms with Crippen molar-refractivity contribution >= 4 is 35.0 Å². The zero-order valence-corrected chi connectivity index (χ0v) is 10.7. The Kier molecular flexibility index (Phi) is 5.74. The molecule has 0 spiro atoms. The SMILES string of the molecule is O=C([O-])CC[C@@H](NC(=S)Nc1ccccc1)C(=O)[O-]. The Balaban J connectivity index is 2.52. The van der Waals surface area contributed by atoms with E-state index in [0.717, 1.165) is 0 Å². The van der Waals surface area contributed by atoms with Gasteiger partial charge in [0, 0.05) is 11.7 Å². The highest BCUT2D eigenvalue weighted by atomic mass is 32.1. The van der Waals surface area contributed by atoms with Crippen LogP contribution in [-0.4, -0.2) is 23.1 Å². The van der Waals surface area contributed by atoms with Gasteiger partial charge in [-0.15, -0.1) is 0 Å². The molecule has 0 heterocycles.